The lowest BCUT2D eigenvalue weighted by Gasteiger charge is -2.05. The molecule has 0 atom stereocenters. The number of aromatic nitrogens is 1. The Morgan fingerprint density at radius 3 is 2.62 bits per heavy atom. The van der Waals surface area contributed by atoms with Gasteiger partial charge in [-0.1, -0.05) is 41.0 Å². The average molecular weight is 271 g/mol. The monoisotopic (exact) mass is 270 g/mol. The highest BCUT2D eigenvalue weighted by Gasteiger charge is 2.05. The van der Waals surface area contributed by atoms with Crippen molar-refractivity contribution >= 4 is 40.7 Å². The fraction of sp³-hybridized carbons (Fsp3) is 0. The zero-order valence-electron chi connectivity index (χ0n) is 8.15. The third kappa shape index (κ3) is 2.61. The Labute approximate surface area is 108 Å². The fourth-order valence-corrected chi connectivity index (χ4v) is 2.32. The van der Waals surface area contributed by atoms with Crippen LogP contribution in [0.2, 0.25) is 10.0 Å². The van der Waals surface area contributed by atoms with E-state index in [0.717, 1.165) is 9.92 Å². The molecule has 2 rings (SSSR count). The molecule has 1 aromatic heterocycles. The van der Waals surface area contributed by atoms with Crippen molar-refractivity contribution in [3.8, 4) is 0 Å². The van der Waals surface area contributed by atoms with Crippen molar-refractivity contribution in [3.05, 3.63) is 46.6 Å². The molecule has 5 heteroatoms. The van der Waals surface area contributed by atoms with E-state index in [1.54, 1.807) is 18.3 Å². The van der Waals surface area contributed by atoms with Gasteiger partial charge >= 0.3 is 0 Å². The lowest BCUT2D eigenvalue weighted by Crippen LogP contribution is -1.89. The first-order valence-electron chi connectivity index (χ1n) is 4.50. The van der Waals surface area contributed by atoms with Gasteiger partial charge in [0, 0.05) is 11.1 Å². The Morgan fingerprint density at radius 2 is 1.94 bits per heavy atom. The van der Waals surface area contributed by atoms with Crippen molar-refractivity contribution in [2.45, 2.75) is 9.92 Å². The number of benzene rings is 1. The van der Waals surface area contributed by atoms with Gasteiger partial charge in [0.1, 0.15) is 5.03 Å². The SMILES string of the molecule is Nc1c(Cl)cccc1Sc1ccc(Cl)cn1. The predicted molar refractivity (Wildman–Crippen MR) is 69.2 cm³/mol. The average Bonchev–Trinajstić information content (AvgIpc) is 2.28. The zero-order chi connectivity index (χ0) is 11.5. The fourth-order valence-electron chi connectivity index (χ4n) is 1.14. The summed E-state index contributed by atoms with van der Waals surface area (Å²) < 4.78 is 0. The molecule has 0 radical (unpaired) electrons. The van der Waals surface area contributed by atoms with E-state index in [4.69, 9.17) is 28.9 Å². The molecular formula is C11H8Cl2N2S. The number of nitrogen functional groups attached to an aromatic ring is 1. The van der Waals surface area contributed by atoms with Crippen LogP contribution in [0.15, 0.2) is 46.5 Å². The Hall–Kier alpha value is -0.900. The van der Waals surface area contributed by atoms with Crippen LogP contribution in [0.4, 0.5) is 5.69 Å². The van der Waals surface area contributed by atoms with Crippen molar-refractivity contribution in [2.24, 2.45) is 0 Å². The molecular weight excluding hydrogens is 263 g/mol. The van der Waals surface area contributed by atoms with Gasteiger partial charge in [-0.25, -0.2) is 4.98 Å². The molecule has 82 valence electrons. The van der Waals surface area contributed by atoms with Crippen LogP contribution < -0.4 is 5.73 Å². The molecule has 0 aliphatic rings. The molecule has 2 nitrogen and oxygen atoms in total. The van der Waals surface area contributed by atoms with Gasteiger partial charge in [-0.2, -0.15) is 0 Å². The summed E-state index contributed by atoms with van der Waals surface area (Å²) in [6.07, 6.45) is 1.60. The van der Waals surface area contributed by atoms with E-state index < -0.39 is 0 Å². The van der Waals surface area contributed by atoms with E-state index in [1.165, 1.54) is 11.8 Å². The van der Waals surface area contributed by atoms with Gasteiger partial charge in [0.25, 0.3) is 0 Å². The molecule has 0 aliphatic carbocycles. The van der Waals surface area contributed by atoms with E-state index in [-0.39, 0.29) is 0 Å². The lowest BCUT2D eigenvalue weighted by atomic mass is 10.3. The number of nitrogens with two attached hydrogens (primary N) is 1. The molecule has 0 spiro atoms. The molecule has 16 heavy (non-hydrogen) atoms. The first-order chi connectivity index (χ1) is 7.66. The zero-order valence-corrected chi connectivity index (χ0v) is 10.5. The van der Waals surface area contributed by atoms with Crippen molar-refractivity contribution in [2.75, 3.05) is 5.73 Å². The van der Waals surface area contributed by atoms with E-state index in [1.807, 2.05) is 18.2 Å². The second kappa shape index (κ2) is 4.95. The minimum atomic E-state index is 0.555. The quantitative estimate of drug-likeness (QED) is 0.835. The summed E-state index contributed by atoms with van der Waals surface area (Å²) in [5.41, 5.74) is 6.43. The maximum atomic E-state index is 5.93. The van der Waals surface area contributed by atoms with Crippen molar-refractivity contribution in [1.29, 1.82) is 0 Å². The van der Waals surface area contributed by atoms with Crippen LogP contribution >= 0.6 is 35.0 Å². The summed E-state index contributed by atoms with van der Waals surface area (Å²) in [6.45, 7) is 0. The van der Waals surface area contributed by atoms with Crippen molar-refractivity contribution < 1.29 is 0 Å². The van der Waals surface area contributed by atoms with Gasteiger partial charge in [-0.15, -0.1) is 0 Å². The summed E-state index contributed by atoms with van der Waals surface area (Å²) in [5.74, 6) is 0. The Morgan fingerprint density at radius 1 is 1.12 bits per heavy atom. The van der Waals surface area contributed by atoms with Crippen LogP contribution in [0.5, 0.6) is 0 Å². The summed E-state index contributed by atoms with van der Waals surface area (Å²) in [5, 5.41) is 2.00. The molecule has 0 fully saturated rings. The van der Waals surface area contributed by atoms with Crippen LogP contribution in [-0.4, -0.2) is 4.98 Å². The number of pyridine rings is 1. The summed E-state index contributed by atoms with van der Waals surface area (Å²) in [6, 6.07) is 9.15. The molecule has 0 aliphatic heterocycles. The van der Waals surface area contributed by atoms with Gasteiger partial charge in [-0.3, -0.25) is 0 Å². The number of nitrogens with zero attached hydrogens (tertiary/aromatic N) is 1. The number of halogens is 2. The summed E-state index contributed by atoms with van der Waals surface area (Å²) in [4.78, 5) is 5.07. The molecule has 1 aromatic carbocycles. The van der Waals surface area contributed by atoms with E-state index in [2.05, 4.69) is 4.98 Å². The summed E-state index contributed by atoms with van der Waals surface area (Å²) >= 11 is 13.1. The maximum absolute atomic E-state index is 5.93. The normalized spacial score (nSPS) is 10.4. The van der Waals surface area contributed by atoms with Crippen molar-refractivity contribution in [3.63, 3.8) is 0 Å². The number of anilines is 1. The molecule has 0 amide bonds. The molecule has 2 aromatic rings. The number of rotatable bonds is 2. The number of hydrogen-bond donors (Lipinski definition) is 1. The number of hydrogen-bond acceptors (Lipinski definition) is 3. The first-order valence-corrected chi connectivity index (χ1v) is 6.07. The lowest BCUT2D eigenvalue weighted by molar-refractivity contribution is 1.13. The minimum Gasteiger partial charge on any atom is -0.397 e. The third-order valence-electron chi connectivity index (χ3n) is 1.93. The second-order valence-corrected chi connectivity index (χ2v) is 4.97. The van der Waals surface area contributed by atoms with Gasteiger partial charge in [0.15, 0.2) is 0 Å². The molecule has 0 unspecified atom stereocenters. The molecule has 0 saturated heterocycles. The minimum absolute atomic E-state index is 0.555. The highest BCUT2D eigenvalue weighted by atomic mass is 35.5. The standard InChI is InChI=1S/C11H8Cl2N2S/c12-7-4-5-10(15-6-7)16-9-3-1-2-8(13)11(9)14/h1-6H,14H2. The maximum Gasteiger partial charge on any atom is 0.101 e. The predicted octanol–water partition coefficient (Wildman–Crippen LogP) is 4.12. The van der Waals surface area contributed by atoms with Crippen LogP contribution in [0.25, 0.3) is 0 Å². The molecule has 1 heterocycles. The van der Waals surface area contributed by atoms with Crippen LogP contribution in [0, 0.1) is 0 Å². The van der Waals surface area contributed by atoms with Crippen LogP contribution in [-0.2, 0) is 0 Å². The topological polar surface area (TPSA) is 38.9 Å². The van der Waals surface area contributed by atoms with E-state index >= 15 is 0 Å². The van der Waals surface area contributed by atoms with Crippen molar-refractivity contribution in [1.82, 2.24) is 4.98 Å². The van der Waals surface area contributed by atoms with Gasteiger partial charge in [0.2, 0.25) is 0 Å². The summed E-state index contributed by atoms with van der Waals surface area (Å²) in [7, 11) is 0. The van der Waals surface area contributed by atoms with E-state index in [0.29, 0.717) is 15.7 Å². The third-order valence-corrected chi connectivity index (χ3v) is 3.51. The Kier molecular flexibility index (Phi) is 3.59. The molecule has 0 saturated carbocycles. The number of para-hydroxylation sites is 1. The Bertz CT molecular complexity index is 500. The van der Waals surface area contributed by atoms with Gasteiger partial charge in [-0.05, 0) is 24.3 Å². The highest BCUT2D eigenvalue weighted by molar-refractivity contribution is 7.99. The molecule has 0 bridgehead atoms. The first kappa shape index (κ1) is 11.6. The van der Waals surface area contributed by atoms with Gasteiger partial charge in [0.05, 0.1) is 15.7 Å². The molecule has 2 N–H and O–H groups in total. The largest absolute Gasteiger partial charge is 0.397 e. The second-order valence-electron chi connectivity index (χ2n) is 3.07. The van der Waals surface area contributed by atoms with E-state index in [9.17, 15) is 0 Å². The van der Waals surface area contributed by atoms with Crippen LogP contribution in [0.1, 0.15) is 0 Å². The smallest absolute Gasteiger partial charge is 0.101 e. The highest BCUT2D eigenvalue weighted by Crippen LogP contribution is 2.34. The van der Waals surface area contributed by atoms with Crippen LogP contribution in [0.3, 0.4) is 0 Å². The van der Waals surface area contributed by atoms with Gasteiger partial charge < -0.3 is 5.73 Å². The Balaban J connectivity index is 2.27.